The molecule has 0 aliphatic carbocycles. The number of ether oxygens (including phenoxy) is 2. The van der Waals surface area contributed by atoms with Crippen LogP contribution in [0.15, 0.2) is 48.5 Å². The summed E-state index contributed by atoms with van der Waals surface area (Å²) < 4.78 is 10.8. The standard InChI is InChI=1S/C24H27N3O2/c1-28-21-7-8-23-18(15-21)5-6-20(25-23)9-10-26-16-19-3-2-4-24(22(19)17-26)27-11-13-29-14-12-27/h2-8,15H,9-14,16-17H2,1H3. The first-order valence-electron chi connectivity index (χ1n) is 10.4. The molecule has 0 bridgehead atoms. The number of pyridine rings is 1. The van der Waals surface area contributed by atoms with E-state index >= 15 is 0 Å². The number of hydrogen-bond donors (Lipinski definition) is 0. The lowest BCUT2D eigenvalue weighted by molar-refractivity contribution is 0.122. The van der Waals surface area contributed by atoms with Gasteiger partial charge in [-0.25, -0.2) is 0 Å². The molecule has 5 rings (SSSR count). The molecule has 2 aromatic carbocycles. The topological polar surface area (TPSA) is 37.8 Å². The molecular formula is C24H27N3O2. The van der Waals surface area contributed by atoms with Gasteiger partial charge in [0.15, 0.2) is 0 Å². The summed E-state index contributed by atoms with van der Waals surface area (Å²) in [6.45, 7) is 6.70. The maximum atomic E-state index is 5.53. The van der Waals surface area contributed by atoms with E-state index in [4.69, 9.17) is 14.5 Å². The van der Waals surface area contributed by atoms with Crippen molar-refractivity contribution in [1.29, 1.82) is 0 Å². The van der Waals surface area contributed by atoms with Gasteiger partial charge in [0.2, 0.25) is 0 Å². The first-order chi connectivity index (χ1) is 14.3. The second kappa shape index (κ2) is 8.01. The van der Waals surface area contributed by atoms with Crippen LogP contribution in [0.1, 0.15) is 16.8 Å². The molecule has 0 N–H and O–H groups in total. The molecule has 5 nitrogen and oxygen atoms in total. The summed E-state index contributed by atoms with van der Waals surface area (Å²) in [5.74, 6) is 0.873. The van der Waals surface area contributed by atoms with Gasteiger partial charge in [0.25, 0.3) is 0 Å². The number of benzene rings is 2. The van der Waals surface area contributed by atoms with Crippen molar-refractivity contribution in [2.45, 2.75) is 19.5 Å². The monoisotopic (exact) mass is 389 g/mol. The average Bonchev–Trinajstić information content (AvgIpc) is 3.21. The van der Waals surface area contributed by atoms with Crippen LogP contribution >= 0.6 is 0 Å². The third-order valence-electron chi connectivity index (χ3n) is 6.01. The number of methoxy groups -OCH3 is 1. The first-order valence-corrected chi connectivity index (χ1v) is 10.4. The predicted molar refractivity (Wildman–Crippen MR) is 116 cm³/mol. The molecule has 0 saturated carbocycles. The third-order valence-corrected chi connectivity index (χ3v) is 6.01. The lowest BCUT2D eigenvalue weighted by atomic mass is 10.1. The molecule has 0 radical (unpaired) electrons. The molecule has 29 heavy (non-hydrogen) atoms. The first kappa shape index (κ1) is 18.4. The Morgan fingerprint density at radius 3 is 2.79 bits per heavy atom. The fourth-order valence-corrected chi connectivity index (χ4v) is 4.42. The van der Waals surface area contributed by atoms with Crippen LogP contribution in [0.2, 0.25) is 0 Å². The van der Waals surface area contributed by atoms with Crippen LogP contribution in [0.5, 0.6) is 5.75 Å². The van der Waals surface area contributed by atoms with Crippen molar-refractivity contribution in [3.05, 3.63) is 65.4 Å². The molecule has 5 heteroatoms. The van der Waals surface area contributed by atoms with E-state index in [9.17, 15) is 0 Å². The van der Waals surface area contributed by atoms with Gasteiger partial charge in [-0.2, -0.15) is 0 Å². The van der Waals surface area contributed by atoms with E-state index < -0.39 is 0 Å². The molecule has 0 unspecified atom stereocenters. The molecule has 1 aromatic heterocycles. The summed E-state index contributed by atoms with van der Waals surface area (Å²) in [6, 6.07) is 17.1. The zero-order chi connectivity index (χ0) is 19.6. The van der Waals surface area contributed by atoms with Crippen LogP contribution in [-0.2, 0) is 24.2 Å². The van der Waals surface area contributed by atoms with Crippen LogP contribution < -0.4 is 9.64 Å². The molecule has 2 aliphatic rings. The second-order valence-corrected chi connectivity index (χ2v) is 7.84. The van der Waals surface area contributed by atoms with Crippen molar-refractivity contribution in [2.24, 2.45) is 0 Å². The zero-order valence-corrected chi connectivity index (χ0v) is 16.9. The number of aromatic nitrogens is 1. The van der Waals surface area contributed by atoms with Crippen molar-refractivity contribution in [1.82, 2.24) is 9.88 Å². The molecule has 0 atom stereocenters. The Morgan fingerprint density at radius 2 is 1.93 bits per heavy atom. The van der Waals surface area contributed by atoms with Crippen LogP contribution in [0.3, 0.4) is 0 Å². The van der Waals surface area contributed by atoms with E-state index in [2.05, 4.69) is 40.1 Å². The molecule has 2 aliphatic heterocycles. The Hall–Kier alpha value is -2.63. The average molecular weight is 389 g/mol. The van der Waals surface area contributed by atoms with E-state index in [1.54, 1.807) is 7.11 Å². The van der Waals surface area contributed by atoms with E-state index in [1.165, 1.54) is 16.8 Å². The molecule has 1 fully saturated rings. The number of hydrogen-bond acceptors (Lipinski definition) is 5. The molecular weight excluding hydrogens is 362 g/mol. The minimum atomic E-state index is 0.826. The smallest absolute Gasteiger partial charge is 0.119 e. The predicted octanol–water partition coefficient (Wildman–Crippen LogP) is 3.64. The Morgan fingerprint density at radius 1 is 1.03 bits per heavy atom. The van der Waals surface area contributed by atoms with Gasteiger partial charge in [-0.3, -0.25) is 9.88 Å². The summed E-state index contributed by atoms with van der Waals surface area (Å²) in [5, 5.41) is 1.12. The summed E-state index contributed by atoms with van der Waals surface area (Å²) in [6.07, 6.45) is 0.961. The van der Waals surface area contributed by atoms with Gasteiger partial charge < -0.3 is 14.4 Å². The Labute approximate surface area is 171 Å². The van der Waals surface area contributed by atoms with E-state index in [0.717, 1.165) is 74.7 Å². The van der Waals surface area contributed by atoms with Gasteiger partial charge in [-0.15, -0.1) is 0 Å². The van der Waals surface area contributed by atoms with Crippen LogP contribution in [0, 0.1) is 0 Å². The highest BCUT2D eigenvalue weighted by Gasteiger charge is 2.24. The Bertz CT molecular complexity index is 1010. The highest BCUT2D eigenvalue weighted by molar-refractivity contribution is 5.80. The van der Waals surface area contributed by atoms with E-state index in [1.807, 2.05) is 18.2 Å². The van der Waals surface area contributed by atoms with Crippen LogP contribution in [0.25, 0.3) is 10.9 Å². The van der Waals surface area contributed by atoms with Crippen molar-refractivity contribution < 1.29 is 9.47 Å². The molecule has 3 aromatic rings. The molecule has 0 spiro atoms. The minimum Gasteiger partial charge on any atom is -0.497 e. The van der Waals surface area contributed by atoms with Crippen molar-refractivity contribution >= 4 is 16.6 Å². The SMILES string of the molecule is COc1ccc2nc(CCN3Cc4cccc(N5CCOCC5)c4C3)ccc2c1. The Balaban J connectivity index is 1.26. The second-order valence-electron chi connectivity index (χ2n) is 7.84. The summed E-state index contributed by atoms with van der Waals surface area (Å²) >= 11 is 0. The molecule has 1 saturated heterocycles. The summed E-state index contributed by atoms with van der Waals surface area (Å²) in [4.78, 5) is 9.86. The fraction of sp³-hybridized carbons (Fsp3) is 0.375. The van der Waals surface area contributed by atoms with Crippen molar-refractivity contribution in [3.63, 3.8) is 0 Å². The number of fused-ring (bicyclic) bond motifs is 2. The Kier molecular flexibility index (Phi) is 5.08. The maximum Gasteiger partial charge on any atom is 0.119 e. The summed E-state index contributed by atoms with van der Waals surface area (Å²) in [5.41, 5.74) is 6.53. The van der Waals surface area contributed by atoms with Gasteiger partial charge in [0.05, 0.1) is 25.8 Å². The number of anilines is 1. The lowest BCUT2D eigenvalue weighted by Gasteiger charge is -2.30. The third kappa shape index (κ3) is 3.80. The lowest BCUT2D eigenvalue weighted by Crippen LogP contribution is -2.36. The van der Waals surface area contributed by atoms with Gasteiger partial charge >= 0.3 is 0 Å². The van der Waals surface area contributed by atoms with E-state index in [0.29, 0.717) is 0 Å². The quantitative estimate of drug-likeness (QED) is 0.666. The van der Waals surface area contributed by atoms with Crippen LogP contribution in [0.4, 0.5) is 5.69 Å². The molecule has 0 amide bonds. The largest absolute Gasteiger partial charge is 0.497 e. The molecule has 150 valence electrons. The maximum absolute atomic E-state index is 5.53. The highest BCUT2D eigenvalue weighted by atomic mass is 16.5. The highest BCUT2D eigenvalue weighted by Crippen LogP contribution is 2.32. The van der Waals surface area contributed by atoms with Gasteiger partial charge in [-0.05, 0) is 41.5 Å². The number of morpholine rings is 1. The number of nitrogens with zero attached hydrogens (tertiary/aromatic N) is 3. The van der Waals surface area contributed by atoms with Gasteiger partial charge in [-0.1, -0.05) is 18.2 Å². The summed E-state index contributed by atoms with van der Waals surface area (Å²) in [7, 11) is 1.70. The normalized spacial score (nSPS) is 16.9. The van der Waals surface area contributed by atoms with Gasteiger partial charge in [0.1, 0.15) is 5.75 Å². The zero-order valence-electron chi connectivity index (χ0n) is 16.9. The van der Waals surface area contributed by atoms with E-state index in [-0.39, 0.29) is 0 Å². The number of rotatable bonds is 5. The molecule has 3 heterocycles. The fourth-order valence-electron chi connectivity index (χ4n) is 4.42. The van der Waals surface area contributed by atoms with Gasteiger partial charge in [0, 0.05) is 55.9 Å². The van der Waals surface area contributed by atoms with Crippen molar-refractivity contribution in [3.8, 4) is 5.75 Å². The van der Waals surface area contributed by atoms with Crippen LogP contribution in [-0.4, -0.2) is 49.8 Å². The van der Waals surface area contributed by atoms with Crippen molar-refractivity contribution in [2.75, 3.05) is 44.9 Å². The minimum absolute atomic E-state index is 0.826.